The lowest BCUT2D eigenvalue weighted by molar-refractivity contribution is -0.134. The zero-order valence-electron chi connectivity index (χ0n) is 22.9. The van der Waals surface area contributed by atoms with Gasteiger partial charge in [-0.05, 0) is 55.0 Å². The molecule has 9 nitrogen and oxygen atoms in total. The normalized spacial score (nSPS) is 28.4. The SMILES string of the molecule is CCCC1(CCC)N[C@@H](C(=O)N[C@@H]2CC[C@@H](C(N)=O)OC2)[C@H](c2ccnc(Cl)c2F)[C@]12C(=O)Nc1cc(Cl)ccc12. The van der Waals surface area contributed by atoms with Crippen molar-refractivity contribution in [3.8, 4) is 0 Å². The summed E-state index contributed by atoms with van der Waals surface area (Å²) in [7, 11) is 0. The number of primary amides is 1. The fourth-order valence-electron chi connectivity index (χ4n) is 7.33. The molecule has 0 aliphatic carbocycles. The number of nitrogens with two attached hydrogens (primary N) is 1. The predicted molar refractivity (Wildman–Crippen MR) is 153 cm³/mol. The number of benzene rings is 1. The summed E-state index contributed by atoms with van der Waals surface area (Å²) in [5, 5.41) is 9.72. The Hall–Kier alpha value is -2.79. The Morgan fingerprint density at radius 2 is 1.93 bits per heavy atom. The van der Waals surface area contributed by atoms with Crippen molar-refractivity contribution in [1.29, 1.82) is 0 Å². The van der Waals surface area contributed by atoms with Gasteiger partial charge < -0.3 is 21.1 Å². The summed E-state index contributed by atoms with van der Waals surface area (Å²) in [6, 6.07) is 5.28. The van der Waals surface area contributed by atoms with Gasteiger partial charge in [0.1, 0.15) is 11.5 Å². The number of carbonyl (C=O) groups is 3. The highest BCUT2D eigenvalue weighted by molar-refractivity contribution is 6.31. The van der Waals surface area contributed by atoms with Crippen molar-refractivity contribution in [1.82, 2.24) is 15.6 Å². The zero-order valence-corrected chi connectivity index (χ0v) is 24.4. The molecule has 2 saturated heterocycles. The largest absolute Gasteiger partial charge is 0.367 e. The number of ether oxygens (including phenoxy) is 1. The quantitative estimate of drug-likeness (QED) is 0.336. The van der Waals surface area contributed by atoms with Crippen LogP contribution in [0.15, 0.2) is 30.5 Å². The van der Waals surface area contributed by atoms with Gasteiger partial charge in [-0.3, -0.25) is 19.7 Å². The molecular weight excluding hydrogens is 572 g/mol. The molecule has 3 amide bonds. The first-order chi connectivity index (χ1) is 19.6. The number of hydrogen-bond acceptors (Lipinski definition) is 6. The van der Waals surface area contributed by atoms with Gasteiger partial charge in [-0.2, -0.15) is 0 Å². The van der Waals surface area contributed by atoms with E-state index in [1.165, 1.54) is 12.3 Å². The van der Waals surface area contributed by atoms with Gasteiger partial charge in [0.2, 0.25) is 17.7 Å². The van der Waals surface area contributed by atoms with E-state index in [-0.39, 0.29) is 23.2 Å². The summed E-state index contributed by atoms with van der Waals surface area (Å²) in [6.07, 6.45) is 4.03. The minimum Gasteiger partial charge on any atom is -0.367 e. The third-order valence-corrected chi connectivity index (χ3v) is 9.29. The molecule has 1 aromatic carbocycles. The average Bonchev–Trinajstić information content (AvgIpc) is 3.38. The Morgan fingerprint density at radius 1 is 1.20 bits per heavy atom. The second-order valence-corrected chi connectivity index (χ2v) is 11.9. The van der Waals surface area contributed by atoms with Gasteiger partial charge in [-0.15, -0.1) is 0 Å². The van der Waals surface area contributed by atoms with Crippen LogP contribution in [0.3, 0.4) is 0 Å². The monoisotopic (exact) mass is 605 g/mol. The topological polar surface area (TPSA) is 135 Å². The van der Waals surface area contributed by atoms with Crippen molar-refractivity contribution >= 4 is 46.6 Å². The van der Waals surface area contributed by atoms with Crippen LogP contribution in [0.1, 0.15) is 69.4 Å². The molecule has 1 spiro atoms. The Bertz CT molecular complexity index is 1360. The minimum atomic E-state index is -1.37. The number of halogens is 3. The summed E-state index contributed by atoms with van der Waals surface area (Å²) >= 11 is 12.5. The van der Waals surface area contributed by atoms with Crippen molar-refractivity contribution in [3.05, 3.63) is 57.6 Å². The molecule has 5 N–H and O–H groups in total. The predicted octanol–water partition coefficient (Wildman–Crippen LogP) is 3.96. The summed E-state index contributed by atoms with van der Waals surface area (Å²) in [4.78, 5) is 44.0. The second kappa shape index (κ2) is 11.5. The van der Waals surface area contributed by atoms with Crippen LogP contribution in [-0.4, -0.2) is 53.0 Å². The maximum Gasteiger partial charge on any atom is 0.246 e. The highest BCUT2D eigenvalue weighted by Crippen LogP contribution is 2.61. The number of carbonyl (C=O) groups excluding carboxylic acids is 3. The molecule has 4 heterocycles. The Morgan fingerprint density at radius 3 is 2.56 bits per heavy atom. The first-order valence-corrected chi connectivity index (χ1v) is 14.8. The molecule has 0 radical (unpaired) electrons. The van der Waals surface area contributed by atoms with E-state index in [2.05, 4.69) is 20.9 Å². The van der Waals surface area contributed by atoms with E-state index >= 15 is 4.39 Å². The number of pyridine rings is 1. The molecule has 0 unspecified atom stereocenters. The second-order valence-electron chi connectivity index (χ2n) is 11.1. The Kier molecular flexibility index (Phi) is 8.31. The van der Waals surface area contributed by atoms with Gasteiger partial charge in [0.15, 0.2) is 11.0 Å². The van der Waals surface area contributed by atoms with Gasteiger partial charge in [-0.25, -0.2) is 9.37 Å². The maximum absolute atomic E-state index is 15.9. The molecule has 0 bridgehead atoms. The lowest BCUT2D eigenvalue weighted by Gasteiger charge is -2.45. The van der Waals surface area contributed by atoms with Gasteiger partial charge in [0.05, 0.1) is 18.7 Å². The lowest BCUT2D eigenvalue weighted by atomic mass is 9.57. The van der Waals surface area contributed by atoms with E-state index < -0.39 is 52.7 Å². The van der Waals surface area contributed by atoms with Crippen molar-refractivity contribution < 1.29 is 23.5 Å². The smallest absolute Gasteiger partial charge is 0.246 e. The molecule has 12 heteroatoms. The van der Waals surface area contributed by atoms with Gasteiger partial charge >= 0.3 is 0 Å². The molecule has 2 fully saturated rings. The van der Waals surface area contributed by atoms with Crippen LogP contribution in [-0.2, 0) is 24.5 Å². The number of amides is 3. The molecule has 0 saturated carbocycles. The van der Waals surface area contributed by atoms with Crippen LogP contribution in [0, 0.1) is 5.82 Å². The highest BCUT2D eigenvalue weighted by Gasteiger charge is 2.72. The van der Waals surface area contributed by atoms with Crippen molar-refractivity contribution in [3.63, 3.8) is 0 Å². The molecule has 41 heavy (non-hydrogen) atoms. The summed E-state index contributed by atoms with van der Waals surface area (Å²) in [5.41, 5.74) is 4.41. The van der Waals surface area contributed by atoms with E-state index in [4.69, 9.17) is 33.7 Å². The fraction of sp³-hybridized carbons (Fsp3) is 0.517. The van der Waals surface area contributed by atoms with E-state index in [1.807, 2.05) is 13.8 Å². The van der Waals surface area contributed by atoms with Crippen molar-refractivity contribution in [2.24, 2.45) is 5.73 Å². The number of aromatic nitrogens is 1. The number of hydrogen-bond donors (Lipinski definition) is 4. The van der Waals surface area contributed by atoms with Crippen LogP contribution in [0.2, 0.25) is 10.2 Å². The van der Waals surface area contributed by atoms with Crippen molar-refractivity contribution in [2.75, 3.05) is 11.9 Å². The number of nitrogens with zero attached hydrogens (tertiary/aromatic N) is 1. The number of nitrogens with one attached hydrogen (secondary N) is 3. The van der Waals surface area contributed by atoms with E-state index in [1.54, 1.807) is 18.2 Å². The fourth-order valence-corrected chi connectivity index (χ4v) is 7.67. The van der Waals surface area contributed by atoms with Crippen LogP contribution in [0.5, 0.6) is 0 Å². The molecule has 3 aliphatic heterocycles. The zero-order chi connectivity index (χ0) is 29.5. The third-order valence-electron chi connectivity index (χ3n) is 8.79. The molecule has 5 atom stereocenters. The first-order valence-electron chi connectivity index (χ1n) is 14.0. The van der Waals surface area contributed by atoms with Crippen LogP contribution >= 0.6 is 23.2 Å². The third kappa shape index (κ3) is 4.78. The Labute approximate surface area is 248 Å². The van der Waals surface area contributed by atoms with E-state index in [0.29, 0.717) is 54.8 Å². The number of anilines is 1. The Balaban J connectivity index is 1.67. The summed E-state index contributed by atoms with van der Waals surface area (Å²) < 4.78 is 21.5. The molecular formula is C29H34Cl2FN5O4. The van der Waals surface area contributed by atoms with Crippen LogP contribution in [0.25, 0.3) is 0 Å². The van der Waals surface area contributed by atoms with Crippen LogP contribution < -0.4 is 21.7 Å². The lowest BCUT2D eigenvalue weighted by Crippen LogP contribution is -2.59. The van der Waals surface area contributed by atoms with Crippen LogP contribution in [0.4, 0.5) is 10.1 Å². The standard InChI is InChI=1S/C29H34Cl2FN5O4/c1-3-10-28(11-4-2)29(18-7-5-15(30)13-19(18)36-27(29)40)21(17-9-12-34-24(31)22(17)32)23(37-28)26(39)35-16-6-8-20(25(33)38)41-14-16/h5,7,9,12-13,16,20-21,23,37H,3-4,6,8,10-11,14H2,1-2H3,(H2,33,38)(H,35,39)(H,36,40)/t16-,20+,21+,23-,29-/m1/s1. The molecule has 3 aliphatic rings. The first kappa shape index (κ1) is 29.7. The van der Waals surface area contributed by atoms with Gasteiger partial charge in [-0.1, -0.05) is 56.0 Å². The maximum atomic E-state index is 15.9. The minimum absolute atomic E-state index is 0.105. The van der Waals surface area contributed by atoms with Crippen molar-refractivity contribution in [2.45, 2.75) is 87.4 Å². The summed E-state index contributed by atoms with van der Waals surface area (Å²) in [5.74, 6) is -3.04. The van der Waals surface area contributed by atoms with Gasteiger partial charge in [0, 0.05) is 28.4 Å². The van der Waals surface area contributed by atoms with E-state index in [0.717, 1.165) is 0 Å². The number of rotatable bonds is 8. The molecule has 5 rings (SSSR count). The highest BCUT2D eigenvalue weighted by atomic mass is 35.5. The molecule has 1 aromatic heterocycles. The average molecular weight is 607 g/mol. The number of fused-ring (bicyclic) bond motifs is 2. The van der Waals surface area contributed by atoms with Gasteiger partial charge in [0.25, 0.3) is 0 Å². The summed E-state index contributed by atoms with van der Waals surface area (Å²) in [6.45, 7) is 4.14. The van der Waals surface area contributed by atoms with E-state index in [9.17, 15) is 14.4 Å². The molecule has 220 valence electrons. The molecule has 2 aromatic rings.